The molecule has 0 unspecified atom stereocenters. The SMILES string of the molecule is CC(C)(Sc1ccc(Br)cc1)C(=O)NCCCCN.Cl. The molecule has 0 saturated heterocycles. The molecule has 0 fully saturated rings. The van der Waals surface area contributed by atoms with Crippen molar-refractivity contribution in [1.29, 1.82) is 0 Å². The van der Waals surface area contributed by atoms with Crippen molar-refractivity contribution in [2.75, 3.05) is 13.1 Å². The van der Waals surface area contributed by atoms with E-state index in [0.29, 0.717) is 13.1 Å². The van der Waals surface area contributed by atoms with E-state index in [1.54, 1.807) is 11.8 Å². The predicted molar refractivity (Wildman–Crippen MR) is 92.6 cm³/mol. The quantitative estimate of drug-likeness (QED) is 0.560. The van der Waals surface area contributed by atoms with Gasteiger partial charge in [-0.3, -0.25) is 4.79 Å². The van der Waals surface area contributed by atoms with Crippen molar-refractivity contribution in [3.8, 4) is 0 Å². The number of unbranched alkanes of at least 4 members (excludes halogenated alkanes) is 1. The van der Waals surface area contributed by atoms with Crippen LogP contribution in [0.5, 0.6) is 0 Å². The normalized spacial score (nSPS) is 10.8. The molecule has 0 aliphatic heterocycles. The van der Waals surface area contributed by atoms with Gasteiger partial charge in [0, 0.05) is 15.9 Å². The highest BCUT2D eigenvalue weighted by atomic mass is 79.9. The second-order valence-corrected chi connectivity index (χ2v) is 7.43. The van der Waals surface area contributed by atoms with Gasteiger partial charge in [-0.1, -0.05) is 15.9 Å². The molecule has 3 N–H and O–H groups in total. The number of hydrogen-bond acceptors (Lipinski definition) is 3. The maximum Gasteiger partial charge on any atom is 0.236 e. The number of amides is 1. The minimum Gasteiger partial charge on any atom is -0.355 e. The molecule has 1 rings (SSSR count). The summed E-state index contributed by atoms with van der Waals surface area (Å²) in [6, 6.07) is 7.99. The Hall–Kier alpha value is -0.230. The van der Waals surface area contributed by atoms with Crippen LogP contribution in [0.15, 0.2) is 33.6 Å². The molecular formula is C14H22BrClN2OS. The topological polar surface area (TPSA) is 55.1 Å². The Morgan fingerprint density at radius 3 is 2.45 bits per heavy atom. The van der Waals surface area contributed by atoms with Gasteiger partial charge in [0.1, 0.15) is 0 Å². The molecule has 0 radical (unpaired) electrons. The number of carbonyl (C=O) groups excluding carboxylic acids is 1. The summed E-state index contributed by atoms with van der Waals surface area (Å²) in [4.78, 5) is 13.2. The van der Waals surface area contributed by atoms with Gasteiger partial charge in [0.25, 0.3) is 0 Å². The fourth-order valence-corrected chi connectivity index (χ4v) is 2.82. The Morgan fingerprint density at radius 2 is 1.90 bits per heavy atom. The van der Waals surface area contributed by atoms with Crippen LogP contribution in [0, 0.1) is 0 Å². The van der Waals surface area contributed by atoms with Crippen LogP contribution in [0.25, 0.3) is 0 Å². The van der Waals surface area contributed by atoms with Crippen LogP contribution < -0.4 is 11.1 Å². The van der Waals surface area contributed by atoms with Crippen molar-refractivity contribution >= 4 is 46.0 Å². The molecule has 1 aromatic rings. The summed E-state index contributed by atoms with van der Waals surface area (Å²) in [7, 11) is 0. The van der Waals surface area contributed by atoms with E-state index in [1.807, 2.05) is 38.1 Å². The van der Waals surface area contributed by atoms with Crippen LogP contribution in [0.2, 0.25) is 0 Å². The lowest BCUT2D eigenvalue weighted by Gasteiger charge is -2.23. The largest absolute Gasteiger partial charge is 0.355 e. The Labute approximate surface area is 140 Å². The van der Waals surface area contributed by atoms with Gasteiger partial charge in [-0.25, -0.2) is 0 Å². The summed E-state index contributed by atoms with van der Waals surface area (Å²) >= 11 is 4.97. The number of nitrogens with one attached hydrogen (secondary N) is 1. The molecule has 3 nitrogen and oxygen atoms in total. The Bertz CT molecular complexity index is 412. The first-order chi connectivity index (χ1) is 8.95. The summed E-state index contributed by atoms with van der Waals surface area (Å²) in [5, 5.41) is 2.96. The minimum absolute atomic E-state index is 0. The van der Waals surface area contributed by atoms with E-state index >= 15 is 0 Å². The molecule has 1 amide bonds. The summed E-state index contributed by atoms with van der Waals surface area (Å²) < 4.78 is 0.567. The summed E-state index contributed by atoms with van der Waals surface area (Å²) in [5.74, 6) is 0.0671. The molecule has 114 valence electrons. The maximum absolute atomic E-state index is 12.1. The average molecular weight is 382 g/mol. The van der Waals surface area contributed by atoms with Crippen LogP contribution in [-0.4, -0.2) is 23.7 Å². The van der Waals surface area contributed by atoms with E-state index in [2.05, 4.69) is 21.2 Å². The van der Waals surface area contributed by atoms with Crippen LogP contribution >= 0.6 is 40.1 Å². The number of halogens is 2. The van der Waals surface area contributed by atoms with Gasteiger partial charge >= 0.3 is 0 Å². The van der Waals surface area contributed by atoms with Gasteiger partial charge in [-0.2, -0.15) is 0 Å². The first-order valence-electron chi connectivity index (χ1n) is 6.38. The summed E-state index contributed by atoms with van der Waals surface area (Å²) in [6.07, 6.45) is 1.88. The van der Waals surface area contributed by atoms with E-state index < -0.39 is 4.75 Å². The first kappa shape index (κ1) is 19.8. The number of benzene rings is 1. The van der Waals surface area contributed by atoms with E-state index in [9.17, 15) is 4.79 Å². The van der Waals surface area contributed by atoms with Crippen LogP contribution in [-0.2, 0) is 4.79 Å². The number of thioether (sulfide) groups is 1. The zero-order valence-electron chi connectivity index (χ0n) is 11.8. The second kappa shape index (κ2) is 9.66. The molecule has 0 bridgehead atoms. The second-order valence-electron chi connectivity index (χ2n) is 4.82. The van der Waals surface area contributed by atoms with Gasteiger partial charge in [0.2, 0.25) is 5.91 Å². The molecule has 0 aliphatic rings. The lowest BCUT2D eigenvalue weighted by Crippen LogP contribution is -2.40. The smallest absolute Gasteiger partial charge is 0.236 e. The van der Waals surface area contributed by atoms with Crippen molar-refractivity contribution in [3.05, 3.63) is 28.7 Å². The molecule has 6 heteroatoms. The fourth-order valence-electron chi connectivity index (χ4n) is 1.53. The molecular weight excluding hydrogens is 360 g/mol. The average Bonchev–Trinajstić information content (AvgIpc) is 2.37. The number of nitrogens with two attached hydrogens (primary N) is 1. The van der Waals surface area contributed by atoms with Crippen molar-refractivity contribution in [2.45, 2.75) is 36.3 Å². The Kier molecular flexibility index (Phi) is 9.55. The highest BCUT2D eigenvalue weighted by molar-refractivity contribution is 9.10. The summed E-state index contributed by atoms with van der Waals surface area (Å²) in [6.45, 7) is 5.25. The third-order valence-electron chi connectivity index (χ3n) is 2.65. The highest BCUT2D eigenvalue weighted by Crippen LogP contribution is 2.33. The monoisotopic (exact) mass is 380 g/mol. The first-order valence-corrected chi connectivity index (χ1v) is 7.99. The minimum atomic E-state index is -0.476. The number of rotatable bonds is 7. The van der Waals surface area contributed by atoms with Crippen molar-refractivity contribution in [3.63, 3.8) is 0 Å². The van der Waals surface area contributed by atoms with Gasteiger partial charge in [0.15, 0.2) is 0 Å². The van der Waals surface area contributed by atoms with E-state index in [0.717, 1.165) is 22.2 Å². The maximum atomic E-state index is 12.1. The highest BCUT2D eigenvalue weighted by Gasteiger charge is 2.28. The number of hydrogen-bond donors (Lipinski definition) is 2. The molecule has 0 aromatic heterocycles. The van der Waals surface area contributed by atoms with Crippen molar-refractivity contribution in [1.82, 2.24) is 5.32 Å². The molecule has 0 aliphatic carbocycles. The molecule has 0 atom stereocenters. The lowest BCUT2D eigenvalue weighted by atomic mass is 10.2. The van der Waals surface area contributed by atoms with Gasteiger partial charge in [-0.15, -0.1) is 24.2 Å². The number of carbonyl (C=O) groups is 1. The van der Waals surface area contributed by atoms with Gasteiger partial charge in [0.05, 0.1) is 4.75 Å². The zero-order valence-corrected chi connectivity index (χ0v) is 15.0. The molecule has 20 heavy (non-hydrogen) atoms. The lowest BCUT2D eigenvalue weighted by molar-refractivity contribution is -0.122. The van der Waals surface area contributed by atoms with E-state index in [4.69, 9.17) is 5.73 Å². The van der Waals surface area contributed by atoms with E-state index in [1.165, 1.54) is 0 Å². The third-order valence-corrected chi connectivity index (χ3v) is 4.38. The van der Waals surface area contributed by atoms with Crippen molar-refractivity contribution in [2.24, 2.45) is 5.73 Å². The van der Waals surface area contributed by atoms with Crippen LogP contribution in [0.1, 0.15) is 26.7 Å². The molecule has 1 aromatic carbocycles. The standard InChI is InChI=1S/C14H21BrN2OS.ClH/c1-14(2,13(18)17-10-4-3-9-16)19-12-7-5-11(15)6-8-12;/h5-8H,3-4,9-10,16H2,1-2H3,(H,17,18);1H. The van der Waals surface area contributed by atoms with Crippen LogP contribution in [0.4, 0.5) is 0 Å². The van der Waals surface area contributed by atoms with Crippen LogP contribution in [0.3, 0.4) is 0 Å². The molecule has 0 heterocycles. The van der Waals surface area contributed by atoms with Crippen molar-refractivity contribution < 1.29 is 4.79 Å². The summed E-state index contributed by atoms with van der Waals surface area (Å²) in [5.41, 5.74) is 5.42. The molecule has 0 saturated carbocycles. The van der Waals surface area contributed by atoms with E-state index in [-0.39, 0.29) is 18.3 Å². The molecule has 0 spiro atoms. The third kappa shape index (κ3) is 6.97. The Balaban J connectivity index is 0.00000361. The van der Waals surface area contributed by atoms with Gasteiger partial charge in [-0.05, 0) is 57.5 Å². The predicted octanol–water partition coefficient (Wildman–Crippen LogP) is 3.60. The zero-order chi connectivity index (χ0) is 14.3. The van der Waals surface area contributed by atoms with Gasteiger partial charge < -0.3 is 11.1 Å². The fraction of sp³-hybridized carbons (Fsp3) is 0.500. The Morgan fingerprint density at radius 1 is 1.30 bits per heavy atom.